The van der Waals surface area contributed by atoms with E-state index < -0.39 is 11.7 Å². The van der Waals surface area contributed by atoms with Crippen molar-refractivity contribution in [2.75, 3.05) is 43.4 Å². The number of aromatic nitrogens is 2. The Kier molecular flexibility index (Phi) is 7.11. The Morgan fingerprint density at radius 2 is 1.87 bits per heavy atom. The number of hydrogen-bond donors (Lipinski definition) is 2. The largest absolute Gasteiger partial charge is 0.368 e. The second-order valence-electron chi connectivity index (χ2n) is 7.02. The number of Topliss-reactive ketones (excluding diaryl/α,β-unsaturated/α-hetero) is 1. The molecule has 2 amide bonds. The number of thiazole rings is 1. The first-order chi connectivity index (χ1) is 14.4. The number of amides is 2. The number of rotatable bonds is 7. The van der Waals surface area contributed by atoms with E-state index in [-0.39, 0.29) is 12.3 Å². The van der Waals surface area contributed by atoms with Crippen LogP contribution < -0.4 is 15.5 Å². The molecule has 2 aromatic rings. The summed E-state index contributed by atoms with van der Waals surface area (Å²) in [5.41, 5.74) is 3.18. The zero-order chi connectivity index (χ0) is 21.7. The van der Waals surface area contributed by atoms with Gasteiger partial charge in [0.25, 0.3) is 11.8 Å². The fourth-order valence-electron chi connectivity index (χ4n) is 3.28. The average Bonchev–Trinajstić information content (AvgIpc) is 3.19. The predicted octanol–water partition coefficient (Wildman–Crippen LogP) is 1.45. The molecule has 160 valence electrons. The van der Waals surface area contributed by atoms with E-state index in [0.29, 0.717) is 17.4 Å². The highest BCUT2D eigenvalue weighted by Crippen LogP contribution is 2.22. The summed E-state index contributed by atoms with van der Waals surface area (Å²) in [6, 6.07) is 3.71. The Morgan fingerprint density at radius 3 is 2.50 bits per heavy atom. The molecule has 0 aromatic carbocycles. The molecule has 0 bridgehead atoms. The molecule has 2 aromatic heterocycles. The molecule has 9 nitrogen and oxygen atoms in total. The number of nitrogens with zero attached hydrogens (tertiary/aromatic N) is 4. The Morgan fingerprint density at radius 1 is 1.13 bits per heavy atom. The Bertz CT molecular complexity index is 936. The number of carbonyl (C=O) groups excluding carboxylic acids is 3. The van der Waals surface area contributed by atoms with Gasteiger partial charge in [0.15, 0.2) is 5.13 Å². The molecule has 3 heterocycles. The van der Waals surface area contributed by atoms with Gasteiger partial charge in [0.2, 0.25) is 5.78 Å². The quantitative estimate of drug-likeness (QED) is 0.640. The van der Waals surface area contributed by atoms with Crippen LogP contribution in [-0.2, 0) is 16.1 Å². The first kappa shape index (κ1) is 21.8. The van der Waals surface area contributed by atoms with Crippen LogP contribution in [0, 0.1) is 6.92 Å². The maximum atomic E-state index is 11.7. The molecule has 30 heavy (non-hydrogen) atoms. The third kappa shape index (κ3) is 5.19. The van der Waals surface area contributed by atoms with Crippen LogP contribution in [0.2, 0.25) is 0 Å². The fraction of sp³-hybridized carbons (Fsp3) is 0.450. The fourth-order valence-corrected chi connectivity index (χ4v) is 3.98. The highest BCUT2D eigenvalue weighted by atomic mass is 32.1. The van der Waals surface area contributed by atoms with E-state index in [1.807, 2.05) is 18.4 Å². The minimum atomic E-state index is -0.613. The summed E-state index contributed by atoms with van der Waals surface area (Å²) in [6.07, 6.45) is 0.178. The maximum absolute atomic E-state index is 11.7. The van der Waals surface area contributed by atoms with Crippen LogP contribution in [-0.4, -0.2) is 65.7 Å². The summed E-state index contributed by atoms with van der Waals surface area (Å²) in [5, 5.41) is 7.51. The second kappa shape index (κ2) is 9.77. The van der Waals surface area contributed by atoms with Crippen molar-refractivity contribution in [3.05, 3.63) is 34.6 Å². The predicted molar refractivity (Wildman–Crippen MR) is 116 cm³/mol. The smallest absolute Gasteiger partial charge is 0.293 e. The number of anilines is 2. The zero-order valence-electron chi connectivity index (χ0n) is 17.4. The van der Waals surface area contributed by atoms with Crippen LogP contribution in [0.1, 0.15) is 35.2 Å². The van der Waals surface area contributed by atoms with Crippen molar-refractivity contribution in [2.45, 2.75) is 26.8 Å². The highest BCUT2D eigenvalue weighted by molar-refractivity contribution is 7.14. The monoisotopic (exact) mass is 430 g/mol. The van der Waals surface area contributed by atoms with Crippen LogP contribution >= 0.6 is 11.3 Å². The molecule has 10 heteroatoms. The average molecular weight is 431 g/mol. The van der Waals surface area contributed by atoms with Crippen LogP contribution in [0.4, 0.5) is 10.8 Å². The summed E-state index contributed by atoms with van der Waals surface area (Å²) in [4.78, 5) is 48.2. The molecule has 1 saturated heterocycles. The third-order valence-electron chi connectivity index (χ3n) is 4.96. The number of ketones is 1. The van der Waals surface area contributed by atoms with Gasteiger partial charge in [-0.05, 0) is 19.1 Å². The Balaban J connectivity index is 1.53. The molecule has 0 unspecified atom stereocenters. The summed E-state index contributed by atoms with van der Waals surface area (Å²) in [7, 11) is 1.59. The van der Waals surface area contributed by atoms with Crippen LogP contribution in [0.15, 0.2) is 17.5 Å². The normalized spacial score (nSPS) is 14.4. The van der Waals surface area contributed by atoms with Gasteiger partial charge in [-0.25, -0.2) is 9.97 Å². The van der Waals surface area contributed by atoms with Crippen molar-refractivity contribution in [1.29, 1.82) is 0 Å². The van der Waals surface area contributed by atoms with E-state index in [1.165, 1.54) is 11.3 Å². The topological polar surface area (TPSA) is 108 Å². The molecule has 3 rings (SSSR count). The van der Waals surface area contributed by atoms with Crippen LogP contribution in [0.5, 0.6) is 0 Å². The number of hydrogen-bond acceptors (Lipinski definition) is 8. The summed E-state index contributed by atoms with van der Waals surface area (Å²) >= 11 is 1.33. The van der Waals surface area contributed by atoms with E-state index in [9.17, 15) is 14.4 Å². The SMILES string of the molecule is CCC(=O)C(=O)Nc1nc(CN2CCN(c3ccc(C(=O)NC)nc3C)CC2)cs1. The molecular weight excluding hydrogens is 404 g/mol. The van der Waals surface area contributed by atoms with Crippen molar-refractivity contribution in [1.82, 2.24) is 20.2 Å². The van der Waals surface area contributed by atoms with E-state index >= 15 is 0 Å². The molecule has 1 aliphatic rings. The first-order valence-corrected chi connectivity index (χ1v) is 10.7. The Hall–Kier alpha value is -2.85. The molecule has 0 atom stereocenters. The molecule has 1 fully saturated rings. The van der Waals surface area contributed by atoms with Gasteiger partial charge in [0.05, 0.1) is 17.1 Å². The maximum Gasteiger partial charge on any atom is 0.293 e. The molecular formula is C20H26N6O3S. The van der Waals surface area contributed by atoms with Crippen LogP contribution in [0.3, 0.4) is 0 Å². The van der Waals surface area contributed by atoms with E-state index in [4.69, 9.17) is 0 Å². The van der Waals surface area contributed by atoms with Gasteiger partial charge >= 0.3 is 0 Å². The molecule has 0 spiro atoms. The highest BCUT2D eigenvalue weighted by Gasteiger charge is 2.21. The lowest BCUT2D eigenvalue weighted by molar-refractivity contribution is -0.134. The van der Waals surface area contributed by atoms with Gasteiger partial charge in [-0.1, -0.05) is 6.92 Å². The van der Waals surface area contributed by atoms with Crippen LogP contribution in [0.25, 0.3) is 0 Å². The third-order valence-corrected chi connectivity index (χ3v) is 5.77. The lowest BCUT2D eigenvalue weighted by atomic mass is 10.2. The van der Waals surface area contributed by atoms with Crippen molar-refractivity contribution < 1.29 is 14.4 Å². The number of pyridine rings is 1. The second-order valence-corrected chi connectivity index (χ2v) is 7.88. The number of aryl methyl sites for hydroxylation is 1. The molecule has 0 saturated carbocycles. The number of nitrogens with one attached hydrogen (secondary N) is 2. The van der Waals surface area contributed by atoms with Gasteiger partial charge in [-0.3, -0.25) is 24.6 Å². The lowest BCUT2D eigenvalue weighted by Gasteiger charge is -2.36. The van der Waals surface area contributed by atoms with Crippen molar-refractivity contribution in [3.8, 4) is 0 Å². The Labute approximate surface area is 179 Å². The van der Waals surface area contributed by atoms with E-state index in [1.54, 1.807) is 20.0 Å². The lowest BCUT2D eigenvalue weighted by Crippen LogP contribution is -2.46. The first-order valence-electron chi connectivity index (χ1n) is 9.86. The van der Waals surface area contributed by atoms with E-state index in [0.717, 1.165) is 43.3 Å². The summed E-state index contributed by atoms with van der Waals surface area (Å²) in [5.74, 6) is -1.25. The minimum absolute atomic E-state index is 0.178. The van der Waals surface area contributed by atoms with Crippen molar-refractivity contribution >= 4 is 39.8 Å². The standard InChI is InChI=1S/C20H26N6O3S/c1-4-17(27)19(29)24-20-23-14(12-30-20)11-25-7-9-26(10-8-25)16-6-5-15(18(28)21-3)22-13(16)2/h5-6,12H,4,7-11H2,1-3H3,(H,21,28)(H,23,24,29). The van der Waals surface area contributed by atoms with Gasteiger partial charge in [0.1, 0.15) is 5.69 Å². The van der Waals surface area contributed by atoms with Gasteiger partial charge in [0, 0.05) is 51.6 Å². The molecule has 1 aliphatic heterocycles. The zero-order valence-corrected chi connectivity index (χ0v) is 18.2. The van der Waals surface area contributed by atoms with Gasteiger partial charge in [-0.15, -0.1) is 11.3 Å². The molecule has 2 N–H and O–H groups in total. The summed E-state index contributed by atoms with van der Waals surface area (Å²) < 4.78 is 0. The van der Waals surface area contributed by atoms with Gasteiger partial charge < -0.3 is 10.2 Å². The minimum Gasteiger partial charge on any atom is -0.368 e. The van der Waals surface area contributed by atoms with Gasteiger partial charge in [-0.2, -0.15) is 0 Å². The molecule has 0 aliphatic carbocycles. The molecule has 0 radical (unpaired) electrons. The number of carbonyl (C=O) groups is 3. The van der Waals surface area contributed by atoms with E-state index in [2.05, 4.69) is 30.4 Å². The van der Waals surface area contributed by atoms with Crippen molar-refractivity contribution in [3.63, 3.8) is 0 Å². The summed E-state index contributed by atoms with van der Waals surface area (Å²) in [6.45, 7) is 7.69. The number of piperazine rings is 1. The van der Waals surface area contributed by atoms with Crippen molar-refractivity contribution in [2.24, 2.45) is 0 Å².